The third-order valence-electron chi connectivity index (χ3n) is 1.56. The van der Waals surface area contributed by atoms with Crippen molar-refractivity contribution in [3.05, 3.63) is 30.6 Å². The number of fused-ring (bicyclic) bond motifs is 1. The average Bonchev–Trinajstić information content (AvgIpc) is 2.34. The van der Waals surface area contributed by atoms with Crippen LogP contribution in [-0.2, 0) is 7.05 Å². The molecular weight excluding hydrogens is 147 g/mol. The smallest absolute Gasteiger partial charge is 0.450 e. The molecule has 2 rings (SSSR count). The van der Waals surface area contributed by atoms with Crippen molar-refractivity contribution in [2.75, 3.05) is 0 Å². The van der Waals surface area contributed by atoms with Gasteiger partial charge < -0.3 is 9.55 Å². The Kier molecular flexibility index (Phi) is 2.71. The van der Waals surface area contributed by atoms with Crippen LogP contribution in [0.2, 0.25) is 0 Å². The zero-order chi connectivity index (χ0) is 6.97. The van der Waals surface area contributed by atoms with E-state index in [-0.39, 0.29) is 29.6 Å². The SMILES string of the molecule is Cn1[c-]nc2ccccc21.[Na+]. The maximum atomic E-state index is 4.06. The summed E-state index contributed by atoms with van der Waals surface area (Å²) in [4.78, 5) is 4.06. The van der Waals surface area contributed by atoms with Crippen molar-refractivity contribution in [1.82, 2.24) is 9.55 Å². The van der Waals surface area contributed by atoms with Gasteiger partial charge in [0.2, 0.25) is 0 Å². The second-order valence-corrected chi connectivity index (χ2v) is 2.26. The fraction of sp³-hybridized carbons (Fsp3) is 0.125. The molecule has 0 N–H and O–H groups in total. The van der Waals surface area contributed by atoms with Gasteiger partial charge in [0.05, 0.1) is 0 Å². The molecule has 1 aromatic heterocycles. The van der Waals surface area contributed by atoms with E-state index in [1.54, 1.807) is 0 Å². The van der Waals surface area contributed by atoms with E-state index in [4.69, 9.17) is 0 Å². The summed E-state index contributed by atoms with van der Waals surface area (Å²) in [5.41, 5.74) is 2.13. The number of aromatic nitrogens is 2. The first kappa shape index (κ1) is 8.78. The minimum atomic E-state index is 0. The molecule has 50 valence electrons. The third-order valence-corrected chi connectivity index (χ3v) is 1.56. The summed E-state index contributed by atoms with van der Waals surface area (Å²) in [7, 11) is 1.94. The number of aryl methyl sites for hydroxylation is 1. The molecule has 1 aromatic carbocycles. The zero-order valence-corrected chi connectivity index (χ0v) is 8.70. The van der Waals surface area contributed by atoms with Gasteiger partial charge in [0, 0.05) is 6.33 Å². The van der Waals surface area contributed by atoms with Crippen LogP contribution in [0.5, 0.6) is 0 Å². The van der Waals surface area contributed by atoms with E-state index >= 15 is 0 Å². The van der Waals surface area contributed by atoms with Crippen LogP contribution in [0.3, 0.4) is 0 Å². The Bertz CT molecular complexity index is 354. The van der Waals surface area contributed by atoms with E-state index in [0.717, 1.165) is 11.0 Å². The van der Waals surface area contributed by atoms with Gasteiger partial charge in [0.15, 0.2) is 0 Å². The maximum absolute atomic E-state index is 4.06. The summed E-state index contributed by atoms with van der Waals surface area (Å²) in [5, 5.41) is 0. The van der Waals surface area contributed by atoms with Crippen LogP contribution in [0, 0.1) is 6.33 Å². The van der Waals surface area contributed by atoms with Gasteiger partial charge in [-0.05, 0) is 7.05 Å². The minimum Gasteiger partial charge on any atom is -0.450 e. The molecule has 1 heterocycles. The second kappa shape index (κ2) is 3.39. The van der Waals surface area contributed by atoms with Gasteiger partial charge in [-0.1, -0.05) is 23.2 Å². The number of rotatable bonds is 0. The molecule has 0 saturated heterocycles. The molecule has 0 unspecified atom stereocenters. The Labute approximate surface area is 87.5 Å². The van der Waals surface area contributed by atoms with Crippen LogP contribution in [0.25, 0.3) is 11.0 Å². The Hall–Kier alpha value is -0.310. The molecule has 0 saturated carbocycles. The van der Waals surface area contributed by atoms with Gasteiger partial charge in [-0.3, -0.25) is 0 Å². The van der Waals surface area contributed by atoms with E-state index < -0.39 is 0 Å². The molecule has 0 aliphatic rings. The Balaban J connectivity index is 0.000000605. The standard InChI is InChI=1S/C8H7N2.Na/c1-10-6-9-7-4-2-3-5-8(7)10;/h2-5H,1H3;/q-1;+1. The van der Waals surface area contributed by atoms with Crippen LogP contribution in [0.1, 0.15) is 0 Å². The molecule has 0 atom stereocenters. The first-order chi connectivity index (χ1) is 4.88. The minimum absolute atomic E-state index is 0. The number of hydrogen-bond acceptors (Lipinski definition) is 1. The van der Waals surface area contributed by atoms with Gasteiger partial charge in [-0.15, -0.1) is 12.1 Å². The summed E-state index contributed by atoms with van der Waals surface area (Å²) in [6.07, 6.45) is 2.84. The fourth-order valence-corrected chi connectivity index (χ4v) is 1.03. The number of nitrogens with zero attached hydrogens (tertiary/aromatic N) is 2. The van der Waals surface area contributed by atoms with Gasteiger partial charge in [-0.25, -0.2) is 0 Å². The van der Waals surface area contributed by atoms with Gasteiger partial charge in [0.25, 0.3) is 0 Å². The normalized spacial score (nSPS) is 9.55. The van der Waals surface area contributed by atoms with Gasteiger partial charge in [0.1, 0.15) is 0 Å². The van der Waals surface area contributed by atoms with E-state index in [1.807, 2.05) is 35.9 Å². The van der Waals surface area contributed by atoms with Crippen molar-refractivity contribution in [2.24, 2.45) is 7.05 Å². The summed E-state index contributed by atoms with van der Waals surface area (Å²) < 4.78 is 1.88. The van der Waals surface area contributed by atoms with Crippen LogP contribution in [0.4, 0.5) is 0 Å². The largest absolute Gasteiger partial charge is 1.00 e. The Morgan fingerprint density at radius 1 is 1.36 bits per heavy atom. The predicted octanol–water partition coefficient (Wildman–Crippen LogP) is -1.62. The van der Waals surface area contributed by atoms with Crippen LogP contribution >= 0.6 is 0 Å². The Morgan fingerprint density at radius 3 is 2.82 bits per heavy atom. The van der Waals surface area contributed by atoms with Crippen molar-refractivity contribution < 1.29 is 29.6 Å². The number of benzene rings is 1. The number of imidazole rings is 1. The van der Waals surface area contributed by atoms with Crippen LogP contribution in [0.15, 0.2) is 24.3 Å². The van der Waals surface area contributed by atoms with Crippen molar-refractivity contribution in [3.63, 3.8) is 0 Å². The molecule has 0 aliphatic heterocycles. The van der Waals surface area contributed by atoms with Gasteiger partial charge >= 0.3 is 29.6 Å². The molecule has 0 aliphatic carbocycles. The van der Waals surface area contributed by atoms with Crippen molar-refractivity contribution in [3.8, 4) is 0 Å². The predicted molar refractivity (Wildman–Crippen MR) is 39.6 cm³/mol. The monoisotopic (exact) mass is 154 g/mol. The summed E-state index contributed by atoms with van der Waals surface area (Å²) in [6, 6.07) is 7.98. The Morgan fingerprint density at radius 2 is 2.09 bits per heavy atom. The average molecular weight is 154 g/mol. The zero-order valence-electron chi connectivity index (χ0n) is 6.70. The molecule has 0 bridgehead atoms. The third kappa shape index (κ3) is 1.48. The van der Waals surface area contributed by atoms with E-state index in [9.17, 15) is 0 Å². The molecule has 0 amide bonds. The van der Waals surface area contributed by atoms with Crippen molar-refractivity contribution >= 4 is 11.0 Å². The van der Waals surface area contributed by atoms with E-state index in [0.29, 0.717) is 0 Å². The summed E-state index contributed by atoms with van der Waals surface area (Å²) in [5.74, 6) is 0. The van der Waals surface area contributed by atoms with Gasteiger partial charge in [-0.2, -0.15) is 0 Å². The van der Waals surface area contributed by atoms with E-state index in [2.05, 4.69) is 11.3 Å². The summed E-state index contributed by atoms with van der Waals surface area (Å²) >= 11 is 0. The number of para-hydroxylation sites is 2. The molecular formula is C8H7N2Na. The first-order valence-electron chi connectivity index (χ1n) is 3.17. The molecule has 0 radical (unpaired) electrons. The van der Waals surface area contributed by atoms with Crippen LogP contribution in [-0.4, -0.2) is 9.55 Å². The molecule has 2 nitrogen and oxygen atoms in total. The molecule has 2 aromatic rings. The fourth-order valence-electron chi connectivity index (χ4n) is 1.03. The van der Waals surface area contributed by atoms with Crippen molar-refractivity contribution in [2.45, 2.75) is 0 Å². The topological polar surface area (TPSA) is 17.8 Å². The maximum Gasteiger partial charge on any atom is 1.00 e. The molecule has 0 fully saturated rings. The summed E-state index contributed by atoms with van der Waals surface area (Å²) in [6.45, 7) is 0. The second-order valence-electron chi connectivity index (χ2n) is 2.26. The quantitative estimate of drug-likeness (QED) is 0.329. The number of hydrogen-bond donors (Lipinski definition) is 0. The van der Waals surface area contributed by atoms with Crippen molar-refractivity contribution in [1.29, 1.82) is 0 Å². The molecule has 3 heteroatoms. The van der Waals surface area contributed by atoms with E-state index in [1.165, 1.54) is 0 Å². The molecule has 11 heavy (non-hydrogen) atoms. The van der Waals surface area contributed by atoms with Crippen LogP contribution < -0.4 is 29.6 Å². The molecule has 0 spiro atoms. The first-order valence-corrected chi connectivity index (χ1v) is 3.17.